The van der Waals surface area contributed by atoms with Crippen molar-refractivity contribution in [2.75, 3.05) is 11.9 Å². The van der Waals surface area contributed by atoms with Gasteiger partial charge >= 0.3 is 17.8 Å². The molecule has 0 bridgehead atoms. The molecule has 29 heavy (non-hydrogen) atoms. The van der Waals surface area contributed by atoms with Gasteiger partial charge in [0, 0.05) is 11.8 Å². The van der Waals surface area contributed by atoms with Gasteiger partial charge in [-0.15, -0.1) is 0 Å². The third-order valence-electron chi connectivity index (χ3n) is 3.54. The van der Waals surface area contributed by atoms with Crippen LogP contribution < -0.4 is 10.1 Å². The predicted octanol–water partition coefficient (Wildman–Crippen LogP) is 3.56. The Labute approximate surface area is 162 Å². The topological polar surface area (TPSA) is 108 Å². The molecule has 0 saturated heterocycles. The molecular weight excluding hydrogens is 397 g/mol. The highest BCUT2D eigenvalue weighted by Gasteiger charge is 2.30. The number of anilines is 1. The summed E-state index contributed by atoms with van der Waals surface area (Å²) >= 11 is 0. The van der Waals surface area contributed by atoms with Crippen LogP contribution in [0.1, 0.15) is 12.5 Å². The van der Waals surface area contributed by atoms with Crippen LogP contribution in [-0.2, 0) is 20.5 Å². The minimum absolute atomic E-state index is 0.121. The van der Waals surface area contributed by atoms with E-state index in [4.69, 9.17) is 9.47 Å². The first-order valence-corrected chi connectivity index (χ1v) is 8.11. The number of carbonyl (C=O) groups excluding carboxylic acids is 2. The molecule has 0 unspecified atom stereocenters. The smallest absolute Gasteiger partial charge is 0.416 e. The van der Waals surface area contributed by atoms with E-state index < -0.39 is 41.3 Å². The second-order valence-corrected chi connectivity index (χ2v) is 5.71. The van der Waals surface area contributed by atoms with Gasteiger partial charge in [0.05, 0.1) is 10.5 Å². The molecule has 2 aromatic carbocycles. The molecule has 2 rings (SSSR count). The van der Waals surface area contributed by atoms with Gasteiger partial charge in [-0.2, -0.15) is 13.2 Å². The van der Waals surface area contributed by atoms with Gasteiger partial charge in [0.2, 0.25) is 0 Å². The van der Waals surface area contributed by atoms with Crippen LogP contribution >= 0.6 is 0 Å². The van der Waals surface area contributed by atoms with Crippen LogP contribution in [0.15, 0.2) is 48.5 Å². The van der Waals surface area contributed by atoms with Crippen molar-refractivity contribution >= 4 is 23.3 Å². The number of nitrogens with zero attached hydrogens (tertiary/aromatic N) is 1. The molecule has 0 spiro atoms. The monoisotopic (exact) mass is 412 g/mol. The SMILES string of the molecule is C[C@@H](OC(=O)COc1ccccc1[N+](=O)[O-])C(=O)Nc1cccc(C(F)(F)F)c1. The van der Waals surface area contributed by atoms with Crippen molar-refractivity contribution in [3.05, 3.63) is 64.2 Å². The largest absolute Gasteiger partial charge is 0.475 e. The molecular formula is C18H15F3N2O6. The summed E-state index contributed by atoms with van der Waals surface area (Å²) in [5.41, 5.74) is -1.42. The summed E-state index contributed by atoms with van der Waals surface area (Å²) in [7, 11) is 0. The Bertz CT molecular complexity index is 916. The Morgan fingerprint density at radius 1 is 1.17 bits per heavy atom. The zero-order valence-electron chi connectivity index (χ0n) is 14.9. The lowest BCUT2D eigenvalue weighted by molar-refractivity contribution is -0.385. The number of para-hydroxylation sites is 2. The number of nitro groups is 1. The molecule has 2 aromatic rings. The van der Waals surface area contributed by atoms with Crippen molar-refractivity contribution in [1.29, 1.82) is 0 Å². The normalized spacial score (nSPS) is 12.0. The second kappa shape index (κ2) is 9.04. The number of alkyl halides is 3. The van der Waals surface area contributed by atoms with E-state index in [0.717, 1.165) is 18.2 Å². The summed E-state index contributed by atoms with van der Waals surface area (Å²) in [6.07, 6.45) is -5.91. The minimum atomic E-state index is -4.57. The molecule has 0 radical (unpaired) electrons. The Morgan fingerprint density at radius 2 is 1.86 bits per heavy atom. The van der Waals surface area contributed by atoms with E-state index in [1.165, 1.54) is 37.3 Å². The van der Waals surface area contributed by atoms with E-state index >= 15 is 0 Å². The van der Waals surface area contributed by atoms with E-state index in [9.17, 15) is 32.9 Å². The molecule has 1 atom stereocenters. The van der Waals surface area contributed by atoms with E-state index in [2.05, 4.69) is 5.32 Å². The van der Waals surface area contributed by atoms with Crippen molar-refractivity contribution in [2.24, 2.45) is 0 Å². The number of esters is 1. The number of hydrogen-bond donors (Lipinski definition) is 1. The van der Waals surface area contributed by atoms with Crippen molar-refractivity contribution in [3.63, 3.8) is 0 Å². The summed E-state index contributed by atoms with van der Waals surface area (Å²) in [5, 5.41) is 13.1. The molecule has 154 valence electrons. The van der Waals surface area contributed by atoms with Gasteiger partial charge in [-0.3, -0.25) is 14.9 Å². The number of hydrogen-bond acceptors (Lipinski definition) is 6. The van der Waals surface area contributed by atoms with Crippen molar-refractivity contribution in [1.82, 2.24) is 0 Å². The molecule has 0 aliphatic heterocycles. The fourth-order valence-electron chi connectivity index (χ4n) is 2.17. The van der Waals surface area contributed by atoms with Gasteiger partial charge in [-0.05, 0) is 31.2 Å². The summed E-state index contributed by atoms with van der Waals surface area (Å²) in [5.74, 6) is -2.01. The van der Waals surface area contributed by atoms with Crippen molar-refractivity contribution in [3.8, 4) is 5.75 Å². The summed E-state index contributed by atoms with van der Waals surface area (Å²) in [4.78, 5) is 34.0. The Morgan fingerprint density at radius 3 is 2.52 bits per heavy atom. The lowest BCUT2D eigenvalue weighted by Gasteiger charge is -2.15. The average Bonchev–Trinajstić information content (AvgIpc) is 2.66. The fraction of sp³-hybridized carbons (Fsp3) is 0.222. The number of amides is 1. The molecule has 1 N–H and O–H groups in total. The number of rotatable bonds is 7. The molecule has 8 nitrogen and oxygen atoms in total. The van der Waals surface area contributed by atoms with E-state index in [0.29, 0.717) is 0 Å². The highest BCUT2D eigenvalue weighted by atomic mass is 19.4. The number of nitrogens with one attached hydrogen (secondary N) is 1. The van der Waals surface area contributed by atoms with Gasteiger partial charge < -0.3 is 14.8 Å². The van der Waals surface area contributed by atoms with E-state index in [1.807, 2.05) is 0 Å². The third-order valence-corrected chi connectivity index (χ3v) is 3.54. The Hall–Kier alpha value is -3.63. The van der Waals surface area contributed by atoms with Crippen LogP contribution in [0.25, 0.3) is 0 Å². The molecule has 0 fully saturated rings. The van der Waals surface area contributed by atoms with Gasteiger partial charge in [-0.25, -0.2) is 4.79 Å². The number of benzene rings is 2. The molecule has 11 heteroatoms. The maximum Gasteiger partial charge on any atom is 0.416 e. The zero-order valence-corrected chi connectivity index (χ0v) is 14.9. The first kappa shape index (κ1) is 21.7. The number of nitro benzene ring substituents is 1. The maximum atomic E-state index is 12.7. The fourth-order valence-corrected chi connectivity index (χ4v) is 2.17. The summed E-state index contributed by atoms with van der Waals surface area (Å²) < 4.78 is 48.0. The van der Waals surface area contributed by atoms with Crippen molar-refractivity contribution < 1.29 is 37.2 Å². The molecule has 0 saturated carbocycles. The highest BCUT2D eigenvalue weighted by Crippen LogP contribution is 2.30. The second-order valence-electron chi connectivity index (χ2n) is 5.71. The Kier molecular flexibility index (Phi) is 6.75. The van der Waals surface area contributed by atoms with Crippen LogP contribution in [0.3, 0.4) is 0 Å². The average molecular weight is 412 g/mol. The van der Waals surface area contributed by atoms with E-state index in [-0.39, 0.29) is 17.1 Å². The van der Waals surface area contributed by atoms with Crippen molar-refractivity contribution in [2.45, 2.75) is 19.2 Å². The van der Waals surface area contributed by atoms with Crippen LogP contribution in [0, 0.1) is 10.1 Å². The number of halogens is 3. The Balaban J connectivity index is 1.91. The van der Waals surface area contributed by atoms with Gasteiger partial charge in [0.25, 0.3) is 5.91 Å². The van der Waals surface area contributed by atoms with Gasteiger partial charge in [-0.1, -0.05) is 18.2 Å². The standard InChI is InChI=1S/C18H15F3N2O6/c1-11(17(25)22-13-6-4-5-12(9-13)18(19,20)21)29-16(24)10-28-15-8-3-2-7-14(15)23(26)27/h2-9,11H,10H2,1H3,(H,22,25)/t11-/m1/s1. The molecule has 0 aliphatic rings. The number of ether oxygens (including phenoxy) is 2. The maximum absolute atomic E-state index is 12.7. The quantitative estimate of drug-likeness (QED) is 0.423. The van der Waals surface area contributed by atoms with Crippen LogP contribution in [-0.4, -0.2) is 29.5 Å². The highest BCUT2D eigenvalue weighted by molar-refractivity contribution is 5.95. The van der Waals surface area contributed by atoms with Gasteiger partial charge in [0.15, 0.2) is 18.5 Å². The third kappa shape index (κ3) is 6.19. The van der Waals surface area contributed by atoms with Crippen LogP contribution in [0.5, 0.6) is 5.75 Å². The summed E-state index contributed by atoms with van der Waals surface area (Å²) in [6.45, 7) is 0.512. The summed E-state index contributed by atoms with van der Waals surface area (Å²) in [6, 6.07) is 9.32. The van der Waals surface area contributed by atoms with Gasteiger partial charge in [0.1, 0.15) is 0 Å². The molecule has 1 amide bonds. The predicted molar refractivity (Wildman–Crippen MR) is 94.2 cm³/mol. The molecule has 0 aromatic heterocycles. The minimum Gasteiger partial charge on any atom is -0.475 e. The first-order valence-electron chi connectivity index (χ1n) is 8.11. The van der Waals surface area contributed by atoms with E-state index in [1.54, 1.807) is 0 Å². The first-order chi connectivity index (χ1) is 13.6. The van der Waals surface area contributed by atoms with Crippen LogP contribution in [0.2, 0.25) is 0 Å². The van der Waals surface area contributed by atoms with Crippen LogP contribution in [0.4, 0.5) is 24.5 Å². The lowest BCUT2D eigenvalue weighted by atomic mass is 10.2. The lowest BCUT2D eigenvalue weighted by Crippen LogP contribution is -2.31. The number of carbonyl (C=O) groups is 2. The molecule has 0 aliphatic carbocycles. The molecule has 0 heterocycles. The zero-order chi connectivity index (χ0) is 21.6.